The molecule has 0 saturated heterocycles. The minimum absolute atomic E-state index is 0.109. The van der Waals surface area contributed by atoms with Crippen molar-refractivity contribution in [3.8, 4) is 0 Å². The number of alkyl halides is 1. The number of carbonyl (C=O) groups is 1. The molecule has 0 bridgehead atoms. The molecule has 0 fully saturated rings. The van der Waals surface area contributed by atoms with E-state index in [9.17, 15) is 4.79 Å². The number of nitrogens with one attached hydrogen (secondary N) is 1. The molecule has 4 nitrogen and oxygen atoms in total. The van der Waals surface area contributed by atoms with Gasteiger partial charge in [-0.05, 0) is 24.3 Å². The second kappa shape index (κ2) is 5.87. The lowest BCUT2D eigenvalue weighted by Crippen LogP contribution is -2.19. The van der Waals surface area contributed by atoms with Crippen molar-refractivity contribution in [2.75, 3.05) is 29.7 Å². The van der Waals surface area contributed by atoms with Crippen LogP contribution in [0.2, 0.25) is 0 Å². The maximum absolute atomic E-state index is 12.4. The third-order valence-electron chi connectivity index (χ3n) is 4.46. The van der Waals surface area contributed by atoms with Crippen molar-refractivity contribution in [3.63, 3.8) is 0 Å². The Bertz CT molecular complexity index is 860. The fourth-order valence-electron chi connectivity index (χ4n) is 3.19. The predicted octanol–water partition coefficient (Wildman–Crippen LogP) is 3.71. The van der Waals surface area contributed by atoms with E-state index in [1.165, 1.54) is 0 Å². The van der Waals surface area contributed by atoms with Crippen LogP contribution in [0.15, 0.2) is 42.5 Å². The summed E-state index contributed by atoms with van der Waals surface area (Å²) in [4.78, 5) is 14.5. The summed E-state index contributed by atoms with van der Waals surface area (Å²) in [5.41, 5.74) is 5.52. The van der Waals surface area contributed by atoms with E-state index in [1.54, 1.807) is 0 Å². The Morgan fingerprint density at radius 2 is 2.04 bits per heavy atom. The molecule has 0 unspecified atom stereocenters. The average molecular weight is 341 g/mol. The normalized spacial score (nSPS) is 18.0. The minimum atomic E-state index is -0.109. The number of rotatable bonds is 3. The quantitative estimate of drug-likeness (QED) is 0.684. The van der Waals surface area contributed by atoms with Gasteiger partial charge in [0.2, 0.25) is 0 Å². The van der Waals surface area contributed by atoms with Crippen molar-refractivity contribution in [1.29, 1.82) is 0 Å². The summed E-state index contributed by atoms with van der Waals surface area (Å²) in [7, 11) is 2.01. The van der Waals surface area contributed by atoms with Crippen molar-refractivity contribution < 1.29 is 9.53 Å². The Balaban J connectivity index is 1.78. The Hall–Kier alpha value is -2.46. The smallest absolute Gasteiger partial charge is 0.260 e. The number of carbonyl (C=O) groups excluding carboxylic acids is 1. The zero-order chi connectivity index (χ0) is 16.7. The molecule has 5 heteroatoms. The summed E-state index contributed by atoms with van der Waals surface area (Å²) in [6.45, 7) is 1.26. The number of benzene rings is 2. The van der Waals surface area contributed by atoms with Crippen molar-refractivity contribution in [2.45, 2.75) is 6.61 Å². The zero-order valence-corrected chi connectivity index (χ0v) is 14.1. The van der Waals surface area contributed by atoms with Crippen LogP contribution in [0.1, 0.15) is 16.7 Å². The summed E-state index contributed by atoms with van der Waals surface area (Å²) in [6.07, 6.45) is 0. The van der Waals surface area contributed by atoms with Gasteiger partial charge in [0, 0.05) is 47.5 Å². The van der Waals surface area contributed by atoms with Gasteiger partial charge in [-0.1, -0.05) is 18.2 Å². The maximum atomic E-state index is 12.4. The number of ether oxygens (including phenoxy) is 1. The lowest BCUT2D eigenvalue weighted by atomic mass is 10.00. The van der Waals surface area contributed by atoms with Gasteiger partial charge in [0.1, 0.15) is 12.4 Å². The minimum Gasteiger partial charge on any atom is -0.487 e. The van der Waals surface area contributed by atoms with Crippen LogP contribution in [0.4, 0.5) is 11.4 Å². The number of fused-ring (bicyclic) bond motifs is 2. The van der Waals surface area contributed by atoms with Gasteiger partial charge in [0.25, 0.3) is 5.91 Å². The number of nitrogens with zero attached hydrogens (tertiary/aromatic N) is 1. The van der Waals surface area contributed by atoms with Gasteiger partial charge in [-0.25, -0.2) is 0 Å². The highest BCUT2D eigenvalue weighted by atomic mass is 35.5. The molecule has 1 N–H and O–H groups in total. The van der Waals surface area contributed by atoms with E-state index in [1.807, 2.05) is 43.4 Å². The topological polar surface area (TPSA) is 41.6 Å². The molecule has 2 aromatic rings. The summed E-state index contributed by atoms with van der Waals surface area (Å²) in [5, 5.41) is 2.90. The van der Waals surface area contributed by atoms with E-state index in [4.69, 9.17) is 16.3 Å². The lowest BCUT2D eigenvalue weighted by molar-refractivity contribution is -0.110. The number of amides is 1. The first kappa shape index (κ1) is 15.1. The molecule has 4 rings (SSSR count). The van der Waals surface area contributed by atoms with Crippen LogP contribution in [-0.2, 0) is 16.1 Å². The van der Waals surface area contributed by atoms with Gasteiger partial charge >= 0.3 is 0 Å². The van der Waals surface area contributed by atoms with Crippen molar-refractivity contribution in [1.82, 2.24) is 0 Å². The second-order valence-electron chi connectivity index (χ2n) is 5.94. The van der Waals surface area contributed by atoms with E-state index < -0.39 is 0 Å². The van der Waals surface area contributed by atoms with E-state index in [2.05, 4.69) is 16.3 Å². The van der Waals surface area contributed by atoms with Gasteiger partial charge in [0.05, 0.1) is 5.57 Å². The van der Waals surface area contributed by atoms with Gasteiger partial charge in [-0.15, -0.1) is 11.6 Å². The van der Waals surface area contributed by atoms with Crippen molar-refractivity contribution in [3.05, 3.63) is 59.2 Å². The highest BCUT2D eigenvalue weighted by Crippen LogP contribution is 2.42. The maximum Gasteiger partial charge on any atom is 0.260 e. The molecular formula is C19H17ClN2O2. The molecule has 0 radical (unpaired) electrons. The Labute approximate surface area is 145 Å². The Kier molecular flexibility index (Phi) is 3.69. The molecule has 0 saturated carbocycles. The number of para-hydroxylation sites is 1. The average Bonchev–Trinajstić information content (AvgIpc) is 3.14. The van der Waals surface area contributed by atoms with E-state index >= 15 is 0 Å². The largest absolute Gasteiger partial charge is 0.487 e. The molecular weight excluding hydrogens is 324 g/mol. The van der Waals surface area contributed by atoms with Crippen molar-refractivity contribution >= 4 is 40.2 Å². The first-order valence-electron chi connectivity index (χ1n) is 7.87. The third kappa shape index (κ3) is 2.34. The molecule has 0 aromatic heterocycles. The first-order valence-corrected chi connectivity index (χ1v) is 8.40. The lowest BCUT2D eigenvalue weighted by Gasteiger charge is -2.18. The monoisotopic (exact) mass is 340 g/mol. The van der Waals surface area contributed by atoms with E-state index in [0.29, 0.717) is 23.8 Å². The van der Waals surface area contributed by atoms with Gasteiger partial charge in [0.15, 0.2) is 0 Å². The molecule has 2 aliphatic heterocycles. The highest BCUT2D eigenvalue weighted by Gasteiger charge is 2.32. The van der Waals surface area contributed by atoms with Gasteiger partial charge in [-0.3, -0.25) is 4.79 Å². The third-order valence-corrected chi connectivity index (χ3v) is 4.63. The van der Waals surface area contributed by atoms with Crippen LogP contribution in [-0.4, -0.2) is 25.4 Å². The molecule has 24 heavy (non-hydrogen) atoms. The highest BCUT2D eigenvalue weighted by molar-refractivity contribution is 6.36. The molecule has 2 heterocycles. The number of halogens is 1. The molecule has 2 aliphatic rings. The SMILES string of the molecule is CN(CCCl)c1ccc2c(c1)COC2=C1C(=O)Nc2ccccc21. The van der Waals surface area contributed by atoms with Gasteiger partial charge in [-0.2, -0.15) is 0 Å². The van der Waals surface area contributed by atoms with Crippen LogP contribution in [0.3, 0.4) is 0 Å². The number of anilines is 2. The zero-order valence-electron chi connectivity index (χ0n) is 13.3. The molecule has 2 aromatic carbocycles. The summed E-state index contributed by atoms with van der Waals surface area (Å²) in [6, 6.07) is 13.9. The molecule has 0 spiro atoms. The second-order valence-corrected chi connectivity index (χ2v) is 6.32. The molecule has 122 valence electrons. The predicted molar refractivity (Wildman–Crippen MR) is 97.1 cm³/mol. The molecule has 1 amide bonds. The van der Waals surface area contributed by atoms with Crippen LogP contribution in [0.5, 0.6) is 0 Å². The van der Waals surface area contributed by atoms with E-state index in [0.717, 1.165) is 34.6 Å². The van der Waals surface area contributed by atoms with Crippen LogP contribution in [0.25, 0.3) is 11.3 Å². The summed E-state index contributed by atoms with van der Waals surface area (Å²) >= 11 is 5.82. The first-order chi connectivity index (χ1) is 11.7. The molecule has 0 atom stereocenters. The standard InChI is InChI=1S/C19H17ClN2O2/c1-22(9-8-20)13-6-7-14-12(10-13)11-24-18(14)17-15-4-2-3-5-16(15)21-19(17)23/h2-7,10H,8-9,11H2,1H3,(H,21,23). The molecule has 0 aliphatic carbocycles. The van der Waals surface area contributed by atoms with Crippen LogP contribution < -0.4 is 10.2 Å². The Morgan fingerprint density at radius 3 is 2.88 bits per heavy atom. The van der Waals surface area contributed by atoms with Crippen LogP contribution in [0, 0.1) is 0 Å². The summed E-state index contributed by atoms with van der Waals surface area (Å²) in [5.74, 6) is 1.14. The fraction of sp³-hybridized carbons (Fsp3) is 0.211. The van der Waals surface area contributed by atoms with Gasteiger partial charge < -0.3 is 15.0 Å². The number of hydrogen-bond acceptors (Lipinski definition) is 3. The number of hydrogen-bond donors (Lipinski definition) is 1. The Morgan fingerprint density at radius 1 is 1.21 bits per heavy atom. The summed E-state index contributed by atoms with van der Waals surface area (Å²) < 4.78 is 5.90. The van der Waals surface area contributed by atoms with E-state index in [-0.39, 0.29) is 5.91 Å². The van der Waals surface area contributed by atoms with Crippen LogP contribution >= 0.6 is 11.6 Å². The van der Waals surface area contributed by atoms with Crippen molar-refractivity contribution in [2.24, 2.45) is 0 Å². The fourth-order valence-corrected chi connectivity index (χ4v) is 3.45.